The molecule has 1 saturated heterocycles. The fourth-order valence-electron chi connectivity index (χ4n) is 2.60. The minimum absolute atomic E-state index is 0.150. The molecule has 8 heteroatoms. The Morgan fingerprint density at radius 2 is 2.35 bits per heavy atom. The van der Waals surface area contributed by atoms with Crippen molar-refractivity contribution >= 4 is 17.5 Å². The Hall–Kier alpha value is -1.99. The van der Waals surface area contributed by atoms with Crippen molar-refractivity contribution in [3.63, 3.8) is 0 Å². The van der Waals surface area contributed by atoms with Crippen LogP contribution in [0.1, 0.15) is 29.1 Å². The highest BCUT2D eigenvalue weighted by Gasteiger charge is 2.29. The molecule has 2 aromatic rings. The van der Waals surface area contributed by atoms with Crippen molar-refractivity contribution in [1.82, 2.24) is 19.9 Å². The van der Waals surface area contributed by atoms with Gasteiger partial charge >= 0.3 is 0 Å². The van der Waals surface area contributed by atoms with E-state index in [2.05, 4.69) is 10.3 Å². The summed E-state index contributed by atoms with van der Waals surface area (Å²) in [6.45, 7) is 3.67. The third-order valence-corrected chi connectivity index (χ3v) is 4.13. The van der Waals surface area contributed by atoms with Crippen molar-refractivity contribution in [1.29, 1.82) is 0 Å². The van der Waals surface area contributed by atoms with Gasteiger partial charge in [0, 0.05) is 23.7 Å². The SMILES string of the molecule is CCn1nncc1C(=O)N1CCOC(c2ccc(F)cc2Cl)C1. The molecule has 1 fully saturated rings. The number of carbonyl (C=O) groups excluding carboxylic acids is 1. The second-order valence-corrected chi connectivity index (χ2v) is 5.62. The zero-order valence-electron chi connectivity index (χ0n) is 12.6. The van der Waals surface area contributed by atoms with Crippen molar-refractivity contribution in [2.75, 3.05) is 19.7 Å². The number of nitrogens with zero attached hydrogens (tertiary/aromatic N) is 4. The number of carbonyl (C=O) groups is 1. The second-order valence-electron chi connectivity index (χ2n) is 5.21. The van der Waals surface area contributed by atoms with E-state index in [9.17, 15) is 9.18 Å². The van der Waals surface area contributed by atoms with Gasteiger partial charge in [0.25, 0.3) is 5.91 Å². The highest BCUT2D eigenvalue weighted by molar-refractivity contribution is 6.31. The molecule has 122 valence electrons. The lowest BCUT2D eigenvalue weighted by Gasteiger charge is -2.33. The normalized spacial score (nSPS) is 18.2. The summed E-state index contributed by atoms with van der Waals surface area (Å²) in [5, 5.41) is 7.95. The number of rotatable bonds is 3. The Morgan fingerprint density at radius 1 is 1.52 bits per heavy atom. The van der Waals surface area contributed by atoms with Crippen LogP contribution in [-0.2, 0) is 11.3 Å². The monoisotopic (exact) mass is 338 g/mol. The number of aryl methyl sites for hydroxylation is 1. The molecule has 1 atom stereocenters. The first kappa shape index (κ1) is 15.9. The molecule has 0 aliphatic carbocycles. The Labute approximate surface area is 137 Å². The number of amides is 1. The number of morpholine rings is 1. The van der Waals surface area contributed by atoms with Gasteiger partial charge in [0.15, 0.2) is 0 Å². The second kappa shape index (κ2) is 6.64. The van der Waals surface area contributed by atoms with Crippen LogP contribution in [0.15, 0.2) is 24.4 Å². The van der Waals surface area contributed by atoms with Crippen LogP contribution in [0.25, 0.3) is 0 Å². The molecule has 1 unspecified atom stereocenters. The summed E-state index contributed by atoms with van der Waals surface area (Å²) in [6.07, 6.45) is 1.08. The molecule has 1 aromatic heterocycles. The van der Waals surface area contributed by atoms with Gasteiger partial charge in [-0.2, -0.15) is 0 Å². The molecular weight excluding hydrogens is 323 g/mol. The van der Waals surface area contributed by atoms with Crippen molar-refractivity contribution in [2.45, 2.75) is 19.6 Å². The van der Waals surface area contributed by atoms with Crippen LogP contribution in [0.5, 0.6) is 0 Å². The number of hydrogen-bond donors (Lipinski definition) is 0. The standard InChI is InChI=1S/C15H16ClFN4O2/c1-2-21-13(8-18-19-21)15(22)20-5-6-23-14(9-20)11-4-3-10(17)7-12(11)16/h3-4,7-8,14H,2,5-6,9H2,1H3. The average Bonchev–Trinajstić information content (AvgIpc) is 3.03. The van der Waals surface area contributed by atoms with Crippen molar-refractivity contribution in [3.8, 4) is 0 Å². The first-order chi connectivity index (χ1) is 11.1. The van der Waals surface area contributed by atoms with Gasteiger partial charge in [0.1, 0.15) is 17.6 Å². The topological polar surface area (TPSA) is 60.2 Å². The fourth-order valence-corrected chi connectivity index (χ4v) is 2.89. The van der Waals surface area contributed by atoms with E-state index in [0.717, 1.165) is 0 Å². The maximum Gasteiger partial charge on any atom is 0.273 e. The van der Waals surface area contributed by atoms with Crippen LogP contribution in [-0.4, -0.2) is 45.5 Å². The number of hydrogen-bond acceptors (Lipinski definition) is 4. The molecule has 0 bridgehead atoms. The summed E-state index contributed by atoms with van der Waals surface area (Å²) in [5.41, 5.74) is 1.12. The lowest BCUT2D eigenvalue weighted by molar-refractivity contribution is -0.0231. The molecule has 0 spiro atoms. The van der Waals surface area contributed by atoms with Crippen LogP contribution in [0, 0.1) is 5.82 Å². The van der Waals surface area contributed by atoms with Gasteiger partial charge in [-0.25, -0.2) is 9.07 Å². The summed E-state index contributed by atoms with van der Waals surface area (Å²) >= 11 is 6.09. The fraction of sp³-hybridized carbons (Fsp3) is 0.400. The van der Waals surface area contributed by atoms with E-state index in [0.29, 0.717) is 42.5 Å². The zero-order valence-corrected chi connectivity index (χ0v) is 13.3. The predicted octanol–water partition coefficient (Wildman–Crippen LogP) is 2.30. The largest absolute Gasteiger partial charge is 0.370 e. The number of benzene rings is 1. The quantitative estimate of drug-likeness (QED) is 0.861. The molecule has 1 aliphatic heterocycles. The van der Waals surface area contributed by atoms with E-state index in [1.54, 1.807) is 15.6 Å². The Balaban J connectivity index is 1.79. The van der Waals surface area contributed by atoms with Crippen LogP contribution >= 0.6 is 11.6 Å². The molecule has 3 rings (SSSR count). The van der Waals surface area contributed by atoms with Gasteiger partial charge < -0.3 is 9.64 Å². The minimum atomic E-state index is -0.402. The molecule has 0 N–H and O–H groups in total. The van der Waals surface area contributed by atoms with E-state index < -0.39 is 5.82 Å². The molecule has 1 aliphatic rings. The van der Waals surface area contributed by atoms with Crippen LogP contribution in [0.4, 0.5) is 4.39 Å². The summed E-state index contributed by atoms with van der Waals surface area (Å²) < 4.78 is 20.4. The average molecular weight is 339 g/mol. The van der Waals surface area contributed by atoms with Crippen LogP contribution in [0.3, 0.4) is 0 Å². The van der Waals surface area contributed by atoms with E-state index in [1.807, 2.05) is 6.92 Å². The van der Waals surface area contributed by atoms with Gasteiger partial charge in [0.2, 0.25) is 0 Å². The van der Waals surface area contributed by atoms with E-state index in [1.165, 1.54) is 18.3 Å². The lowest BCUT2D eigenvalue weighted by atomic mass is 10.1. The summed E-state index contributed by atoms with van der Waals surface area (Å²) in [7, 11) is 0. The summed E-state index contributed by atoms with van der Waals surface area (Å²) in [5.74, 6) is -0.552. The van der Waals surface area contributed by atoms with Gasteiger partial charge in [-0.3, -0.25) is 4.79 Å². The molecule has 1 amide bonds. The highest BCUT2D eigenvalue weighted by atomic mass is 35.5. The van der Waals surface area contributed by atoms with Gasteiger partial charge in [-0.1, -0.05) is 22.9 Å². The molecule has 6 nitrogen and oxygen atoms in total. The number of halogens is 2. The van der Waals surface area contributed by atoms with E-state index in [-0.39, 0.29) is 12.0 Å². The maximum absolute atomic E-state index is 13.2. The molecular formula is C15H16ClFN4O2. The third kappa shape index (κ3) is 3.20. The van der Waals surface area contributed by atoms with Gasteiger partial charge in [-0.15, -0.1) is 5.10 Å². The molecule has 2 heterocycles. The molecule has 1 aromatic carbocycles. The van der Waals surface area contributed by atoms with Crippen LogP contribution < -0.4 is 0 Å². The lowest BCUT2D eigenvalue weighted by Crippen LogP contribution is -2.43. The maximum atomic E-state index is 13.2. The Kier molecular flexibility index (Phi) is 4.58. The number of ether oxygens (including phenoxy) is 1. The molecule has 0 radical (unpaired) electrons. The van der Waals surface area contributed by atoms with Gasteiger partial charge in [-0.05, 0) is 19.1 Å². The number of aromatic nitrogens is 3. The Morgan fingerprint density at radius 3 is 3.09 bits per heavy atom. The summed E-state index contributed by atoms with van der Waals surface area (Å²) in [4.78, 5) is 14.3. The van der Waals surface area contributed by atoms with Gasteiger partial charge in [0.05, 0.1) is 19.3 Å². The minimum Gasteiger partial charge on any atom is -0.370 e. The predicted molar refractivity (Wildman–Crippen MR) is 81.7 cm³/mol. The van der Waals surface area contributed by atoms with E-state index >= 15 is 0 Å². The van der Waals surface area contributed by atoms with Crippen molar-refractivity contribution in [3.05, 3.63) is 46.5 Å². The van der Waals surface area contributed by atoms with E-state index in [4.69, 9.17) is 16.3 Å². The van der Waals surface area contributed by atoms with Crippen LogP contribution in [0.2, 0.25) is 5.02 Å². The highest BCUT2D eigenvalue weighted by Crippen LogP contribution is 2.29. The first-order valence-corrected chi connectivity index (χ1v) is 7.72. The first-order valence-electron chi connectivity index (χ1n) is 7.34. The third-order valence-electron chi connectivity index (χ3n) is 3.80. The summed E-state index contributed by atoms with van der Waals surface area (Å²) in [6, 6.07) is 4.17. The molecule has 0 saturated carbocycles. The van der Waals surface area contributed by atoms with Crippen molar-refractivity contribution in [2.24, 2.45) is 0 Å². The Bertz CT molecular complexity index is 721. The smallest absolute Gasteiger partial charge is 0.273 e. The zero-order chi connectivity index (χ0) is 16.4. The van der Waals surface area contributed by atoms with Crippen molar-refractivity contribution < 1.29 is 13.9 Å². The molecule has 23 heavy (non-hydrogen) atoms.